The highest BCUT2D eigenvalue weighted by Gasteiger charge is 2.13. The fourth-order valence-corrected chi connectivity index (χ4v) is 2.25. The van der Waals surface area contributed by atoms with E-state index in [0.717, 1.165) is 21.4 Å². The molecule has 0 aliphatic heterocycles. The van der Waals surface area contributed by atoms with Gasteiger partial charge in [-0.05, 0) is 30.3 Å². The first kappa shape index (κ1) is 14.7. The van der Waals surface area contributed by atoms with Crippen LogP contribution in [-0.2, 0) is 0 Å². The monoisotopic (exact) mass is 309 g/mol. The zero-order valence-electron chi connectivity index (χ0n) is 12.7. The molecular formula is C16H15N5O2. The fourth-order valence-electron chi connectivity index (χ4n) is 2.25. The standard InChI is InChI=1S/C16H15N5O2/c1-17-15-12-8-11(21(2)16(22)23)5-6-13(12)19-14(20-15)10-4-3-7-18-9-10/h3-9H,1-2H3,(H,22,23)(H,17,19,20). The normalized spacial score (nSPS) is 10.5. The Morgan fingerprint density at radius 2 is 2.09 bits per heavy atom. The third kappa shape index (κ3) is 2.76. The van der Waals surface area contributed by atoms with Crippen LogP contribution in [0.5, 0.6) is 0 Å². The van der Waals surface area contributed by atoms with Crippen molar-refractivity contribution in [1.29, 1.82) is 0 Å². The summed E-state index contributed by atoms with van der Waals surface area (Å²) in [4.78, 5) is 25.4. The second-order valence-electron chi connectivity index (χ2n) is 4.93. The zero-order chi connectivity index (χ0) is 16.4. The molecule has 0 aliphatic rings. The molecule has 0 bridgehead atoms. The van der Waals surface area contributed by atoms with Crippen molar-refractivity contribution < 1.29 is 9.90 Å². The van der Waals surface area contributed by atoms with E-state index in [1.165, 1.54) is 7.05 Å². The van der Waals surface area contributed by atoms with Gasteiger partial charge in [0, 0.05) is 43.1 Å². The first-order valence-electron chi connectivity index (χ1n) is 6.97. The van der Waals surface area contributed by atoms with Crippen LogP contribution in [0.2, 0.25) is 0 Å². The Balaban J connectivity index is 2.17. The van der Waals surface area contributed by atoms with Gasteiger partial charge in [-0.3, -0.25) is 9.88 Å². The van der Waals surface area contributed by atoms with Gasteiger partial charge in [0.15, 0.2) is 5.82 Å². The summed E-state index contributed by atoms with van der Waals surface area (Å²) in [6.07, 6.45) is 2.37. The highest BCUT2D eigenvalue weighted by atomic mass is 16.4. The molecule has 0 saturated carbocycles. The van der Waals surface area contributed by atoms with Gasteiger partial charge in [-0.25, -0.2) is 14.8 Å². The minimum Gasteiger partial charge on any atom is -0.465 e. The molecule has 7 nitrogen and oxygen atoms in total. The molecule has 23 heavy (non-hydrogen) atoms. The second-order valence-corrected chi connectivity index (χ2v) is 4.93. The highest BCUT2D eigenvalue weighted by molar-refractivity contribution is 5.96. The van der Waals surface area contributed by atoms with Crippen LogP contribution in [0.25, 0.3) is 22.3 Å². The van der Waals surface area contributed by atoms with E-state index >= 15 is 0 Å². The molecule has 0 saturated heterocycles. The maximum atomic E-state index is 11.1. The molecule has 0 aliphatic carbocycles. The number of fused-ring (bicyclic) bond motifs is 1. The van der Waals surface area contributed by atoms with E-state index in [4.69, 9.17) is 5.11 Å². The van der Waals surface area contributed by atoms with Crippen LogP contribution in [0.1, 0.15) is 0 Å². The third-order valence-corrected chi connectivity index (χ3v) is 3.51. The van der Waals surface area contributed by atoms with Gasteiger partial charge in [-0.2, -0.15) is 0 Å². The van der Waals surface area contributed by atoms with E-state index in [0.29, 0.717) is 17.3 Å². The average molecular weight is 309 g/mol. The number of carboxylic acid groups (broad SMARTS) is 1. The lowest BCUT2D eigenvalue weighted by Gasteiger charge is -2.15. The summed E-state index contributed by atoms with van der Waals surface area (Å²) < 4.78 is 0. The minimum absolute atomic E-state index is 0.555. The SMILES string of the molecule is CNc1nc(-c2cccnc2)nc2ccc(N(C)C(=O)O)cc12. The van der Waals surface area contributed by atoms with E-state index in [1.54, 1.807) is 37.6 Å². The zero-order valence-corrected chi connectivity index (χ0v) is 12.7. The molecule has 0 radical (unpaired) electrons. The lowest BCUT2D eigenvalue weighted by molar-refractivity contribution is 0.203. The number of hydrogen-bond donors (Lipinski definition) is 2. The third-order valence-electron chi connectivity index (χ3n) is 3.51. The predicted molar refractivity (Wildman–Crippen MR) is 88.7 cm³/mol. The number of nitrogens with one attached hydrogen (secondary N) is 1. The largest absolute Gasteiger partial charge is 0.465 e. The van der Waals surface area contributed by atoms with Gasteiger partial charge in [-0.1, -0.05) is 0 Å². The summed E-state index contributed by atoms with van der Waals surface area (Å²) >= 11 is 0. The lowest BCUT2D eigenvalue weighted by Crippen LogP contribution is -2.23. The molecular weight excluding hydrogens is 294 g/mol. The van der Waals surface area contributed by atoms with Crippen molar-refractivity contribution in [2.75, 3.05) is 24.3 Å². The maximum absolute atomic E-state index is 11.1. The highest BCUT2D eigenvalue weighted by Crippen LogP contribution is 2.28. The Morgan fingerprint density at radius 1 is 1.26 bits per heavy atom. The molecule has 3 rings (SSSR count). The van der Waals surface area contributed by atoms with Crippen molar-refractivity contribution in [2.45, 2.75) is 0 Å². The Morgan fingerprint density at radius 3 is 2.74 bits per heavy atom. The topological polar surface area (TPSA) is 91.2 Å². The van der Waals surface area contributed by atoms with Crippen LogP contribution in [0.15, 0.2) is 42.7 Å². The molecule has 0 fully saturated rings. The number of pyridine rings is 1. The summed E-state index contributed by atoms with van der Waals surface area (Å²) in [5.74, 6) is 1.20. The van der Waals surface area contributed by atoms with E-state index < -0.39 is 6.09 Å². The number of nitrogens with zero attached hydrogens (tertiary/aromatic N) is 4. The van der Waals surface area contributed by atoms with Crippen LogP contribution in [-0.4, -0.2) is 40.2 Å². The molecule has 1 amide bonds. The molecule has 1 aromatic carbocycles. The van der Waals surface area contributed by atoms with E-state index in [9.17, 15) is 4.79 Å². The number of amides is 1. The number of anilines is 2. The van der Waals surface area contributed by atoms with Crippen molar-refractivity contribution in [3.8, 4) is 11.4 Å². The molecule has 2 heterocycles. The number of rotatable bonds is 3. The van der Waals surface area contributed by atoms with Crippen LogP contribution in [0, 0.1) is 0 Å². The molecule has 116 valence electrons. The Bertz CT molecular complexity index is 867. The lowest BCUT2D eigenvalue weighted by atomic mass is 10.2. The molecule has 3 aromatic rings. The van der Waals surface area contributed by atoms with Crippen molar-refractivity contribution in [2.24, 2.45) is 0 Å². The van der Waals surface area contributed by atoms with Gasteiger partial charge >= 0.3 is 6.09 Å². The first-order valence-corrected chi connectivity index (χ1v) is 6.97. The quantitative estimate of drug-likeness (QED) is 0.773. The molecule has 0 atom stereocenters. The molecule has 2 N–H and O–H groups in total. The molecule has 7 heteroatoms. The van der Waals surface area contributed by atoms with Gasteiger partial charge in [0.25, 0.3) is 0 Å². The number of carbonyl (C=O) groups is 1. The van der Waals surface area contributed by atoms with Crippen molar-refractivity contribution in [3.05, 3.63) is 42.7 Å². The van der Waals surface area contributed by atoms with E-state index in [1.807, 2.05) is 12.1 Å². The molecule has 0 spiro atoms. The summed E-state index contributed by atoms with van der Waals surface area (Å²) in [5.41, 5.74) is 2.10. The van der Waals surface area contributed by atoms with Gasteiger partial charge in [0.2, 0.25) is 0 Å². The fraction of sp³-hybridized carbons (Fsp3) is 0.125. The van der Waals surface area contributed by atoms with Crippen LogP contribution < -0.4 is 10.2 Å². The van der Waals surface area contributed by atoms with Crippen LogP contribution in [0.3, 0.4) is 0 Å². The summed E-state index contributed by atoms with van der Waals surface area (Å²) in [5, 5.41) is 12.9. The van der Waals surface area contributed by atoms with E-state index in [2.05, 4.69) is 20.3 Å². The molecule has 0 unspecified atom stereocenters. The van der Waals surface area contributed by atoms with Crippen LogP contribution in [0.4, 0.5) is 16.3 Å². The summed E-state index contributed by atoms with van der Waals surface area (Å²) in [6, 6.07) is 8.97. The van der Waals surface area contributed by atoms with Gasteiger partial charge < -0.3 is 10.4 Å². The minimum atomic E-state index is -1.02. The van der Waals surface area contributed by atoms with Gasteiger partial charge in [0.05, 0.1) is 5.52 Å². The maximum Gasteiger partial charge on any atom is 0.411 e. The second kappa shape index (κ2) is 5.88. The Kier molecular flexibility index (Phi) is 3.76. The Hall–Kier alpha value is -3.22. The number of hydrogen-bond acceptors (Lipinski definition) is 5. The summed E-state index contributed by atoms with van der Waals surface area (Å²) in [6.45, 7) is 0. The smallest absolute Gasteiger partial charge is 0.411 e. The van der Waals surface area contributed by atoms with Crippen molar-refractivity contribution >= 4 is 28.5 Å². The predicted octanol–water partition coefficient (Wildman–Crippen LogP) is 2.85. The first-order chi connectivity index (χ1) is 11.1. The average Bonchev–Trinajstić information content (AvgIpc) is 2.60. The Labute approximate surface area is 132 Å². The van der Waals surface area contributed by atoms with Gasteiger partial charge in [0.1, 0.15) is 5.82 Å². The van der Waals surface area contributed by atoms with Crippen molar-refractivity contribution in [3.63, 3.8) is 0 Å². The van der Waals surface area contributed by atoms with Gasteiger partial charge in [-0.15, -0.1) is 0 Å². The molecule has 2 aromatic heterocycles. The number of benzene rings is 1. The van der Waals surface area contributed by atoms with E-state index in [-0.39, 0.29) is 0 Å². The summed E-state index contributed by atoms with van der Waals surface area (Å²) in [7, 11) is 3.26. The van der Waals surface area contributed by atoms with Crippen molar-refractivity contribution in [1.82, 2.24) is 15.0 Å². The van der Waals surface area contributed by atoms with Crippen LogP contribution >= 0.6 is 0 Å². The number of aromatic nitrogens is 3.